The van der Waals surface area contributed by atoms with E-state index in [0.717, 1.165) is 53.8 Å². The molecule has 1 aliphatic rings. The van der Waals surface area contributed by atoms with Gasteiger partial charge in [-0.3, -0.25) is 0 Å². The van der Waals surface area contributed by atoms with Crippen LogP contribution in [0.5, 0.6) is 11.5 Å². The van der Waals surface area contributed by atoms with Gasteiger partial charge in [0, 0.05) is 18.8 Å². The highest BCUT2D eigenvalue weighted by molar-refractivity contribution is 5.95. The molecule has 0 saturated carbocycles. The molecule has 0 amide bonds. The fraction of sp³-hybridized carbons (Fsp3) is 0.286. The molecule has 0 radical (unpaired) electrons. The van der Waals surface area contributed by atoms with Gasteiger partial charge in [0.05, 0.1) is 16.5 Å². The van der Waals surface area contributed by atoms with Crippen molar-refractivity contribution < 1.29 is 18.3 Å². The Kier molecular flexibility index (Phi) is 6.95. The summed E-state index contributed by atoms with van der Waals surface area (Å²) in [5.41, 5.74) is 2.31. The minimum atomic E-state index is -0.625. The Morgan fingerprint density at radius 3 is 2.47 bits per heavy atom. The Labute approximate surface area is 208 Å². The van der Waals surface area contributed by atoms with Gasteiger partial charge in [0.25, 0.3) is 0 Å². The number of aromatic nitrogens is 2. The van der Waals surface area contributed by atoms with Crippen LogP contribution >= 0.6 is 0 Å². The maximum atomic E-state index is 13.9. The molecule has 1 aliphatic heterocycles. The van der Waals surface area contributed by atoms with Crippen molar-refractivity contribution in [1.29, 1.82) is 0 Å². The van der Waals surface area contributed by atoms with Crippen molar-refractivity contribution in [2.24, 2.45) is 0 Å². The third kappa shape index (κ3) is 5.23. The Balaban J connectivity index is 1.35. The quantitative estimate of drug-likeness (QED) is 0.342. The molecular weight excluding hydrogens is 462 g/mol. The number of hydrogen-bond acceptors (Lipinski definition) is 6. The van der Waals surface area contributed by atoms with Crippen molar-refractivity contribution in [2.75, 3.05) is 25.5 Å². The highest BCUT2D eigenvalue weighted by Crippen LogP contribution is 2.34. The zero-order chi connectivity index (χ0) is 25.1. The lowest BCUT2D eigenvalue weighted by atomic mass is 10.1. The van der Waals surface area contributed by atoms with Crippen LogP contribution in [-0.2, 0) is 6.61 Å². The van der Waals surface area contributed by atoms with Gasteiger partial charge in [0.2, 0.25) is 0 Å². The zero-order valence-electron chi connectivity index (χ0n) is 20.3. The Hall–Kier alpha value is -3.78. The van der Waals surface area contributed by atoms with Crippen LogP contribution in [0, 0.1) is 18.6 Å². The fourth-order valence-corrected chi connectivity index (χ4v) is 4.40. The molecule has 0 aliphatic carbocycles. The summed E-state index contributed by atoms with van der Waals surface area (Å²) in [5.74, 6) is 0.695. The summed E-state index contributed by atoms with van der Waals surface area (Å²) in [4.78, 5) is 11.2. The summed E-state index contributed by atoms with van der Waals surface area (Å²) in [6.07, 6.45) is 3.62. The summed E-state index contributed by atoms with van der Waals surface area (Å²) in [7, 11) is 2.13. The molecule has 2 heterocycles. The normalized spacial score (nSPS) is 14.7. The highest BCUT2D eigenvalue weighted by Gasteiger charge is 2.20. The first-order valence-electron chi connectivity index (χ1n) is 12.0. The number of nitrogens with one attached hydrogen (secondary N) is 1. The summed E-state index contributed by atoms with van der Waals surface area (Å²) < 4.78 is 40.0. The molecule has 0 unspecified atom stereocenters. The smallest absolute Gasteiger partial charge is 0.145 e. The van der Waals surface area contributed by atoms with Crippen LogP contribution in [0.4, 0.5) is 20.3 Å². The summed E-state index contributed by atoms with van der Waals surface area (Å²) >= 11 is 0. The second-order valence-electron chi connectivity index (χ2n) is 9.09. The van der Waals surface area contributed by atoms with E-state index in [1.54, 1.807) is 6.07 Å². The van der Waals surface area contributed by atoms with Crippen molar-refractivity contribution in [1.82, 2.24) is 14.9 Å². The number of rotatable bonds is 7. The number of benzene rings is 3. The SMILES string of the molecule is Cc1cc(Nc2ncnc3cccc(OC4CCN(C)CC4)c23)ccc1OCc1c(F)cccc1F. The maximum absolute atomic E-state index is 13.9. The van der Waals surface area contributed by atoms with Crippen LogP contribution in [0.3, 0.4) is 0 Å². The van der Waals surface area contributed by atoms with E-state index in [4.69, 9.17) is 9.47 Å². The standard InChI is InChI=1S/C28H28F2N4O2/c1-18-15-19(9-10-25(18)35-16-21-22(29)5-3-6-23(21)30)33-28-27-24(31-17-32-28)7-4-8-26(27)36-20-11-13-34(2)14-12-20/h3-10,15,17,20H,11-14,16H2,1-2H3,(H,31,32,33). The van der Waals surface area contributed by atoms with Gasteiger partial charge in [0.15, 0.2) is 0 Å². The molecule has 3 aromatic carbocycles. The molecule has 6 nitrogen and oxygen atoms in total. The van der Waals surface area contributed by atoms with Crippen LogP contribution in [-0.4, -0.2) is 41.1 Å². The lowest BCUT2D eigenvalue weighted by molar-refractivity contribution is 0.116. The van der Waals surface area contributed by atoms with Crippen molar-refractivity contribution in [3.05, 3.63) is 83.7 Å². The molecule has 1 N–H and O–H groups in total. The molecule has 1 fully saturated rings. The number of ether oxygens (including phenoxy) is 2. The molecular formula is C28H28F2N4O2. The first-order valence-corrected chi connectivity index (χ1v) is 12.0. The topological polar surface area (TPSA) is 59.5 Å². The van der Waals surface area contributed by atoms with Gasteiger partial charge in [-0.15, -0.1) is 0 Å². The van der Waals surface area contributed by atoms with Crippen LogP contribution in [0.2, 0.25) is 0 Å². The molecule has 36 heavy (non-hydrogen) atoms. The number of anilines is 2. The lowest BCUT2D eigenvalue weighted by Gasteiger charge is -2.29. The number of aryl methyl sites for hydroxylation is 1. The van der Waals surface area contributed by atoms with E-state index in [2.05, 4.69) is 27.2 Å². The summed E-state index contributed by atoms with van der Waals surface area (Å²) in [6, 6.07) is 15.1. The van der Waals surface area contributed by atoms with Gasteiger partial charge in [-0.05, 0) is 74.8 Å². The summed E-state index contributed by atoms with van der Waals surface area (Å²) in [5, 5.41) is 4.20. The van der Waals surface area contributed by atoms with E-state index in [0.29, 0.717) is 11.6 Å². The van der Waals surface area contributed by atoms with Crippen molar-refractivity contribution in [3.63, 3.8) is 0 Å². The second kappa shape index (κ2) is 10.5. The van der Waals surface area contributed by atoms with Gasteiger partial charge >= 0.3 is 0 Å². The van der Waals surface area contributed by atoms with E-state index in [1.165, 1.54) is 24.5 Å². The van der Waals surface area contributed by atoms with Gasteiger partial charge in [-0.2, -0.15) is 0 Å². The minimum absolute atomic E-state index is 0.0938. The van der Waals surface area contributed by atoms with Crippen LogP contribution in [0.15, 0.2) is 60.9 Å². The fourth-order valence-electron chi connectivity index (χ4n) is 4.40. The molecule has 0 atom stereocenters. The number of nitrogens with zero attached hydrogens (tertiary/aromatic N) is 3. The van der Waals surface area contributed by atoms with E-state index in [-0.39, 0.29) is 18.3 Å². The molecule has 0 spiro atoms. The van der Waals surface area contributed by atoms with E-state index < -0.39 is 11.6 Å². The Morgan fingerprint density at radius 2 is 1.72 bits per heavy atom. The molecule has 1 saturated heterocycles. The van der Waals surface area contributed by atoms with Gasteiger partial charge in [-0.1, -0.05) is 12.1 Å². The largest absolute Gasteiger partial charge is 0.489 e. The molecule has 186 valence electrons. The second-order valence-corrected chi connectivity index (χ2v) is 9.09. The number of piperidine rings is 1. The van der Waals surface area contributed by atoms with Gasteiger partial charge < -0.3 is 19.7 Å². The van der Waals surface area contributed by atoms with E-state index in [9.17, 15) is 8.78 Å². The maximum Gasteiger partial charge on any atom is 0.145 e. The first-order chi connectivity index (χ1) is 17.5. The predicted octanol–water partition coefficient (Wildman–Crippen LogP) is 6.01. The number of halogens is 2. The molecule has 1 aromatic heterocycles. The van der Waals surface area contributed by atoms with Crippen LogP contribution in [0.25, 0.3) is 10.9 Å². The van der Waals surface area contributed by atoms with Gasteiger partial charge in [0.1, 0.15) is 48.0 Å². The molecule has 4 aromatic rings. The number of hydrogen-bond donors (Lipinski definition) is 1. The third-order valence-corrected chi connectivity index (χ3v) is 6.46. The van der Waals surface area contributed by atoms with Crippen molar-refractivity contribution in [2.45, 2.75) is 32.5 Å². The lowest BCUT2D eigenvalue weighted by Crippen LogP contribution is -2.35. The average molecular weight is 491 g/mol. The van der Waals surface area contributed by atoms with Crippen molar-refractivity contribution >= 4 is 22.4 Å². The highest BCUT2D eigenvalue weighted by atomic mass is 19.1. The number of fused-ring (bicyclic) bond motifs is 1. The van der Waals surface area contributed by atoms with Crippen LogP contribution < -0.4 is 14.8 Å². The third-order valence-electron chi connectivity index (χ3n) is 6.46. The zero-order valence-corrected chi connectivity index (χ0v) is 20.3. The Bertz CT molecular complexity index is 1350. The predicted molar refractivity (Wildman–Crippen MR) is 136 cm³/mol. The monoisotopic (exact) mass is 490 g/mol. The average Bonchev–Trinajstić information content (AvgIpc) is 2.86. The molecule has 8 heteroatoms. The van der Waals surface area contributed by atoms with Gasteiger partial charge in [-0.25, -0.2) is 18.7 Å². The van der Waals surface area contributed by atoms with E-state index in [1.807, 2.05) is 37.3 Å². The first kappa shape index (κ1) is 23.9. The van der Waals surface area contributed by atoms with Crippen molar-refractivity contribution in [3.8, 4) is 11.5 Å². The molecule has 0 bridgehead atoms. The van der Waals surface area contributed by atoms with Crippen LogP contribution in [0.1, 0.15) is 24.0 Å². The summed E-state index contributed by atoms with van der Waals surface area (Å²) in [6.45, 7) is 3.70. The molecule has 5 rings (SSSR count). The van der Waals surface area contributed by atoms with E-state index >= 15 is 0 Å². The minimum Gasteiger partial charge on any atom is -0.489 e. The number of likely N-dealkylation sites (tertiary alicyclic amines) is 1. The Morgan fingerprint density at radius 1 is 0.972 bits per heavy atom.